The Kier molecular flexibility index (Phi) is 4.03. The molecule has 0 atom stereocenters. The summed E-state index contributed by atoms with van der Waals surface area (Å²) < 4.78 is 6.84. The molecule has 0 aliphatic heterocycles. The van der Waals surface area contributed by atoms with Gasteiger partial charge < -0.3 is 15.6 Å². The van der Waals surface area contributed by atoms with Crippen molar-refractivity contribution < 1.29 is 4.52 Å². The van der Waals surface area contributed by atoms with Gasteiger partial charge >= 0.3 is 0 Å². The van der Waals surface area contributed by atoms with E-state index >= 15 is 0 Å². The van der Waals surface area contributed by atoms with E-state index in [4.69, 9.17) is 10.3 Å². The fraction of sp³-hybridized carbons (Fsp3) is 0.583. The molecule has 19 heavy (non-hydrogen) atoms. The Morgan fingerprint density at radius 1 is 1.37 bits per heavy atom. The van der Waals surface area contributed by atoms with Gasteiger partial charge in [-0.25, -0.2) is 4.68 Å². The van der Waals surface area contributed by atoms with Crippen molar-refractivity contribution in [2.45, 2.75) is 40.2 Å². The fourth-order valence-electron chi connectivity index (χ4n) is 1.89. The molecular weight excluding hydrogens is 244 g/mol. The lowest BCUT2D eigenvalue weighted by Crippen LogP contribution is -2.12. The summed E-state index contributed by atoms with van der Waals surface area (Å²) in [5, 5.41) is 11.6. The second-order valence-electron chi connectivity index (χ2n) is 4.48. The van der Waals surface area contributed by atoms with Crippen LogP contribution in [0, 0.1) is 13.8 Å². The van der Waals surface area contributed by atoms with Crippen LogP contribution in [0.1, 0.15) is 30.8 Å². The highest BCUT2D eigenvalue weighted by atomic mass is 16.5. The Labute approximate surface area is 112 Å². The molecule has 0 bridgehead atoms. The standard InChI is InChI=1S/C12H20N6O/c1-4-7-18-12(11(13)8(2)16-18)14-6-5-10-15-9(3)19-17-10/h14H,4-7,13H2,1-3H3. The predicted octanol–water partition coefficient (Wildman–Crippen LogP) is 1.53. The lowest BCUT2D eigenvalue weighted by molar-refractivity contribution is 0.387. The van der Waals surface area contributed by atoms with Crippen LogP contribution in [0.25, 0.3) is 0 Å². The molecule has 0 aliphatic rings. The van der Waals surface area contributed by atoms with E-state index in [9.17, 15) is 0 Å². The number of rotatable bonds is 6. The molecule has 2 rings (SSSR count). The fourth-order valence-corrected chi connectivity index (χ4v) is 1.89. The molecule has 0 aliphatic carbocycles. The molecule has 0 spiro atoms. The normalized spacial score (nSPS) is 10.9. The number of nitrogens with zero attached hydrogens (tertiary/aromatic N) is 4. The maximum atomic E-state index is 6.02. The Hall–Kier alpha value is -2.05. The van der Waals surface area contributed by atoms with Crippen molar-refractivity contribution in [2.75, 3.05) is 17.6 Å². The summed E-state index contributed by atoms with van der Waals surface area (Å²) in [5.41, 5.74) is 7.58. The van der Waals surface area contributed by atoms with Crippen LogP contribution >= 0.6 is 0 Å². The topological polar surface area (TPSA) is 94.8 Å². The van der Waals surface area contributed by atoms with Crippen molar-refractivity contribution in [1.29, 1.82) is 0 Å². The van der Waals surface area contributed by atoms with Gasteiger partial charge in [-0.2, -0.15) is 10.1 Å². The first kappa shape index (κ1) is 13.4. The zero-order valence-corrected chi connectivity index (χ0v) is 11.6. The molecule has 7 heteroatoms. The van der Waals surface area contributed by atoms with Crippen LogP contribution in [-0.4, -0.2) is 26.5 Å². The third-order valence-electron chi connectivity index (χ3n) is 2.82. The van der Waals surface area contributed by atoms with Crippen LogP contribution in [0.15, 0.2) is 4.52 Å². The number of nitrogens with two attached hydrogens (primary N) is 1. The molecule has 0 aromatic carbocycles. The maximum Gasteiger partial charge on any atom is 0.223 e. The molecule has 0 saturated carbocycles. The summed E-state index contributed by atoms with van der Waals surface area (Å²) in [4.78, 5) is 4.16. The highest BCUT2D eigenvalue weighted by Gasteiger charge is 2.11. The second kappa shape index (κ2) is 5.73. The van der Waals surface area contributed by atoms with Gasteiger partial charge in [0.1, 0.15) is 5.82 Å². The Morgan fingerprint density at radius 3 is 2.79 bits per heavy atom. The maximum absolute atomic E-state index is 6.02. The van der Waals surface area contributed by atoms with E-state index in [1.165, 1.54) is 0 Å². The monoisotopic (exact) mass is 264 g/mol. The van der Waals surface area contributed by atoms with E-state index in [1.54, 1.807) is 6.92 Å². The summed E-state index contributed by atoms with van der Waals surface area (Å²) in [6, 6.07) is 0. The second-order valence-corrected chi connectivity index (χ2v) is 4.48. The number of aromatic nitrogens is 4. The van der Waals surface area contributed by atoms with Gasteiger partial charge in [-0.05, 0) is 13.3 Å². The predicted molar refractivity (Wildman–Crippen MR) is 72.9 cm³/mol. The molecule has 0 unspecified atom stereocenters. The number of anilines is 2. The SMILES string of the molecule is CCCn1nc(C)c(N)c1NCCc1noc(C)n1. The van der Waals surface area contributed by atoms with Crippen molar-refractivity contribution in [3.8, 4) is 0 Å². The molecule has 0 fully saturated rings. The summed E-state index contributed by atoms with van der Waals surface area (Å²) in [6.07, 6.45) is 1.70. The largest absolute Gasteiger partial charge is 0.394 e. The zero-order valence-electron chi connectivity index (χ0n) is 11.6. The van der Waals surface area contributed by atoms with Gasteiger partial charge in [-0.3, -0.25) is 0 Å². The molecule has 0 radical (unpaired) electrons. The van der Waals surface area contributed by atoms with Gasteiger partial charge in [0.2, 0.25) is 5.89 Å². The van der Waals surface area contributed by atoms with Crippen LogP contribution in [0.5, 0.6) is 0 Å². The van der Waals surface area contributed by atoms with E-state index in [1.807, 2.05) is 11.6 Å². The number of hydrogen-bond donors (Lipinski definition) is 2. The van der Waals surface area contributed by atoms with Crippen LogP contribution < -0.4 is 11.1 Å². The molecule has 2 heterocycles. The van der Waals surface area contributed by atoms with Gasteiger partial charge in [0.15, 0.2) is 5.82 Å². The summed E-state index contributed by atoms with van der Waals surface area (Å²) in [7, 11) is 0. The molecular formula is C12H20N6O. The minimum Gasteiger partial charge on any atom is -0.394 e. The molecule has 3 N–H and O–H groups in total. The first-order valence-electron chi connectivity index (χ1n) is 6.47. The summed E-state index contributed by atoms with van der Waals surface area (Å²) >= 11 is 0. The Morgan fingerprint density at radius 2 is 2.16 bits per heavy atom. The lowest BCUT2D eigenvalue weighted by Gasteiger charge is -2.08. The first-order chi connectivity index (χ1) is 9.11. The van der Waals surface area contributed by atoms with Crippen molar-refractivity contribution in [1.82, 2.24) is 19.9 Å². The third-order valence-corrected chi connectivity index (χ3v) is 2.82. The van der Waals surface area contributed by atoms with Crippen LogP contribution in [0.3, 0.4) is 0 Å². The van der Waals surface area contributed by atoms with Crippen LogP contribution in [0.4, 0.5) is 11.5 Å². The zero-order chi connectivity index (χ0) is 13.8. The smallest absolute Gasteiger partial charge is 0.223 e. The summed E-state index contributed by atoms with van der Waals surface area (Å²) in [6.45, 7) is 7.34. The number of nitrogens with one attached hydrogen (secondary N) is 1. The van der Waals surface area contributed by atoms with Gasteiger partial charge in [-0.15, -0.1) is 0 Å². The van der Waals surface area contributed by atoms with Crippen molar-refractivity contribution >= 4 is 11.5 Å². The molecule has 2 aromatic rings. The van der Waals surface area contributed by atoms with E-state index in [-0.39, 0.29) is 0 Å². The first-order valence-corrected chi connectivity index (χ1v) is 6.47. The minimum atomic E-state index is 0.585. The molecule has 7 nitrogen and oxygen atoms in total. The number of aryl methyl sites for hydroxylation is 3. The lowest BCUT2D eigenvalue weighted by atomic mass is 10.3. The number of nitrogen functional groups attached to an aromatic ring is 1. The number of hydrogen-bond acceptors (Lipinski definition) is 6. The molecule has 2 aromatic heterocycles. The molecule has 0 amide bonds. The van der Waals surface area contributed by atoms with E-state index in [0.717, 1.165) is 24.5 Å². The third kappa shape index (κ3) is 3.04. The minimum absolute atomic E-state index is 0.585. The highest BCUT2D eigenvalue weighted by Crippen LogP contribution is 2.22. The Balaban J connectivity index is 1.98. The Bertz CT molecular complexity index is 544. The van der Waals surface area contributed by atoms with Crippen molar-refractivity contribution in [3.05, 3.63) is 17.4 Å². The van der Waals surface area contributed by atoms with E-state index in [2.05, 4.69) is 27.5 Å². The van der Waals surface area contributed by atoms with E-state index in [0.29, 0.717) is 30.4 Å². The highest BCUT2D eigenvalue weighted by molar-refractivity contribution is 5.64. The van der Waals surface area contributed by atoms with Gasteiger partial charge in [-0.1, -0.05) is 12.1 Å². The van der Waals surface area contributed by atoms with Crippen LogP contribution in [-0.2, 0) is 13.0 Å². The molecule has 104 valence electrons. The van der Waals surface area contributed by atoms with Gasteiger partial charge in [0.25, 0.3) is 0 Å². The quantitative estimate of drug-likeness (QED) is 0.821. The van der Waals surface area contributed by atoms with E-state index < -0.39 is 0 Å². The molecule has 0 saturated heterocycles. The van der Waals surface area contributed by atoms with Crippen molar-refractivity contribution in [3.63, 3.8) is 0 Å². The van der Waals surface area contributed by atoms with Gasteiger partial charge in [0.05, 0.1) is 11.4 Å². The average molecular weight is 264 g/mol. The van der Waals surface area contributed by atoms with Crippen molar-refractivity contribution in [2.24, 2.45) is 0 Å². The van der Waals surface area contributed by atoms with Gasteiger partial charge in [0, 0.05) is 26.4 Å². The van der Waals surface area contributed by atoms with Crippen LogP contribution in [0.2, 0.25) is 0 Å². The average Bonchev–Trinajstić information content (AvgIpc) is 2.89. The summed E-state index contributed by atoms with van der Waals surface area (Å²) in [5.74, 6) is 2.16.